The zero-order chi connectivity index (χ0) is 9.57. The van der Waals surface area contributed by atoms with Gasteiger partial charge in [-0.05, 0) is 38.5 Å². The first kappa shape index (κ1) is 11.0. The van der Waals surface area contributed by atoms with Gasteiger partial charge in [-0.2, -0.15) is 0 Å². The molecule has 0 saturated carbocycles. The van der Waals surface area contributed by atoms with Crippen LogP contribution in [0.3, 0.4) is 0 Å². The Labute approximate surface area is 85.0 Å². The molecule has 0 amide bonds. The molecule has 0 spiro atoms. The number of ether oxygens (including phenoxy) is 1. The number of rotatable bonds is 5. The van der Waals surface area contributed by atoms with Crippen molar-refractivity contribution in [2.24, 2.45) is 0 Å². The van der Waals surface area contributed by atoms with Crippen molar-refractivity contribution in [1.82, 2.24) is 0 Å². The van der Waals surface area contributed by atoms with Gasteiger partial charge in [0.2, 0.25) is 0 Å². The molecule has 1 aliphatic heterocycles. The van der Waals surface area contributed by atoms with Crippen LogP contribution in [0.15, 0.2) is 12.7 Å². The molecule has 0 radical (unpaired) electrons. The summed E-state index contributed by atoms with van der Waals surface area (Å²) in [5.41, 5.74) is 0. The predicted octanol–water partition coefficient (Wildman–Crippen LogP) is 1.99. The van der Waals surface area contributed by atoms with Crippen molar-refractivity contribution >= 4 is 10.2 Å². The minimum Gasteiger partial charge on any atom is -0.380 e. The molecule has 0 bridgehead atoms. The van der Waals surface area contributed by atoms with Crippen LogP contribution in [-0.2, 0) is 4.74 Å². The molecule has 13 heavy (non-hydrogen) atoms. The second kappa shape index (κ2) is 5.61. The Kier molecular flexibility index (Phi) is 4.74. The van der Waals surface area contributed by atoms with Gasteiger partial charge in [-0.1, -0.05) is 12.5 Å². The zero-order valence-corrected chi connectivity index (χ0v) is 10.8. The molecule has 1 saturated heterocycles. The van der Waals surface area contributed by atoms with Crippen molar-refractivity contribution in [2.75, 3.05) is 6.61 Å². The van der Waals surface area contributed by atoms with Crippen LogP contribution in [-0.4, -0.2) is 22.1 Å². The summed E-state index contributed by atoms with van der Waals surface area (Å²) < 4.78 is 5.88. The van der Waals surface area contributed by atoms with E-state index in [0.29, 0.717) is 5.22 Å². The Balaban J connectivity index is 2.13. The Bertz CT molecular complexity index is 150. The fourth-order valence-electron chi connectivity index (χ4n) is 1.98. The Morgan fingerprint density at radius 2 is 2.23 bits per heavy atom. The van der Waals surface area contributed by atoms with Crippen LogP contribution in [0.2, 0.25) is 0 Å². The van der Waals surface area contributed by atoms with Crippen LogP contribution in [0, 0.1) is 0 Å². The molecule has 0 aliphatic carbocycles. The highest BCUT2D eigenvalue weighted by Crippen LogP contribution is 2.26. The van der Waals surface area contributed by atoms with E-state index in [1.54, 1.807) is 0 Å². The van der Waals surface area contributed by atoms with Gasteiger partial charge in [0.15, 0.2) is 0 Å². The first-order valence-corrected chi connectivity index (χ1v) is 6.52. The average Bonchev–Trinajstić information content (AvgIpc) is 2.14. The summed E-state index contributed by atoms with van der Waals surface area (Å²) in [5, 5.41) is 0.333. The van der Waals surface area contributed by atoms with Gasteiger partial charge in [-0.15, -0.1) is 6.58 Å². The van der Waals surface area contributed by atoms with Crippen LogP contribution in [0.25, 0.3) is 0 Å². The van der Waals surface area contributed by atoms with E-state index in [1.165, 1.54) is 48.8 Å². The molecule has 0 aromatic carbocycles. The summed E-state index contributed by atoms with van der Waals surface area (Å²) in [5.74, 6) is 0. The lowest BCUT2D eigenvalue weighted by Gasteiger charge is -2.34. The number of hydrogen-bond acceptors (Lipinski definition) is 1. The molecule has 2 heteroatoms. The van der Waals surface area contributed by atoms with Gasteiger partial charge in [0, 0.05) is 22.1 Å². The summed E-state index contributed by atoms with van der Waals surface area (Å²) in [6.07, 6.45) is 11.0. The van der Waals surface area contributed by atoms with Crippen LogP contribution < -0.4 is 0 Å². The largest absolute Gasteiger partial charge is 0.380 e. The van der Waals surface area contributed by atoms with E-state index in [-0.39, 0.29) is 0 Å². The molecule has 1 atom stereocenters. The summed E-state index contributed by atoms with van der Waals surface area (Å²) in [4.78, 5) is 0. The molecule has 0 aromatic rings. The molecule has 1 unspecified atom stereocenters. The lowest BCUT2D eigenvalue weighted by atomic mass is 10.0. The van der Waals surface area contributed by atoms with Crippen molar-refractivity contribution in [3.63, 3.8) is 0 Å². The first-order valence-electron chi connectivity index (χ1n) is 5.52. The normalized spacial score (nSPS) is 28.9. The number of allylic oxidation sites excluding steroid dienone is 1. The number of unbranched alkanes of at least 4 members (excludes halogenated alkanes) is 2. The summed E-state index contributed by atoms with van der Waals surface area (Å²) >= 11 is 0. The van der Waals surface area contributed by atoms with Crippen molar-refractivity contribution in [2.45, 2.75) is 50.2 Å². The highest BCUT2D eigenvalue weighted by molar-refractivity contribution is 6.14. The highest BCUT2D eigenvalue weighted by Gasteiger charge is 2.26. The third kappa shape index (κ3) is 4.10. The standard InChI is InChI=1S/C11H22OSi/c1-2-3-4-5-8-11(13)9-6-7-10-12-11/h2H,1,3-10H2,13H3. The van der Waals surface area contributed by atoms with Crippen LogP contribution in [0.1, 0.15) is 44.9 Å². The first-order chi connectivity index (χ1) is 6.27. The van der Waals surface area contributed by atoms with Crippen molar-refractivity contribution < 1.29 is 4.74 Å². The maximum Gasteiger partial charge on any atom is 0.0486 e. The lowest BCUT2D eigenvalue weighted by Crippen LogP contribution is -2.36. The fraction of sp³-hybridized carbons (Fsp3) is 0.818. The summed E-state index contributed by atoms with van der Waals surface area (Å²) in [7, 11) is 1.20. The van der Waals surface area contributed by atoms with Gasteiger partial charge < -0.3 is 4.74 Å². The minimum atomic E-state index is 0.333. The number of hydrogen-bond donors (Lipinski definition) is 0. The van der Waals surface area contributed by atoms with E-state index in [1.807, 2.05) is 6.08 Å². The molecule has 1 fully saturated rings. The molecule has 76 valence electrons. The van der Waals surface area contributed by atoms with E-state index < -0.39 is 0 Å². The van der Waals surface area contributed by atoms with Crippen LogP contribution >= 0.6 is 0 Å². The van der Waals surface area contributed by atoms with Crippen LogP contribution in [0.4, 0.5) is 0 Å². The monoisotopic (exact) mass is 198 g/mol. The minimum absolute atomic E-state index is 0.333. The van der Waals surface area contributed by atoms with E-state index in [0.717, 1.165) is 13.0 Å². The molecule has 1 aliphatic rings. The van der Waals surface area contributed by atoms with E-state index in [2.05, 4.69) is 6.58 Å². The molecule has 1 rings (SSSR count). The van der Waals surface area contributed by atoms with E-state index >= 15 is 0 Å². The predicted molar refractivity (Wildman–Crippen MR) is 61.1 cm³/mol. The maximum atomic E-state index is 5.88. The van der Waals surface area contributed by atoms with Crippen LogP contribution in [0.5, 0.6) is 0 Å². The highest BCUT2D eigenvalue weighted by atomic mass is 28.1. The molecular weight excluding hydrogens is 176 g/mol. The fourth-order valence-corrected chi connectivity index (χ4v) is 2.89. The van der Waals surface area contributed by atoms with Gasteiger partial charge >= 0.3 is 0 Å². The van der Waals surface area contributed by atoms with Gasteiger partial charge in [-0.25, -0.2) is 0 Å². The Hall–Kier alpha value is -0.0831. The molecule has 0 N–H and O–H groups in total. The van der Waals surface area contributed by atoms with Gasteiger partial charge in [0.25, 0.3) is 0 Å². The van der Waals surface area contributed by atoms with Gasteiger partial charge in [-0.3, -0.25) is 0 Å². The SMILES string of the molecule is C=CCCCCC1([SiH3])CCCCO1. The Morgan fingerprint density at radius 1 is 1.38 bits per heavy atom. The van der Waals surface area contributed by atoms with E-state index in [9.17, 15) is 0 Å². The van der Waals surface area contributed by atoms with E-state index in [4.69, 9.17) is 4.74 Å². The van der Waals surface area contributed by atoms with Gasteiger partial charge in [0.05, 0.1) is 0 Å². The topological polar surface area (TPSA) is 9.23 Å². The molecule has 1 nitrogen and oxygen atoms in total. The smallest absolute Gasteiger partial charge is 0.0486 e. The molecular formula is C11H22OSi. The molecule has 0 aromatic heterocycles. The average molecular weight is 198 g/mol. The second-order valence-electron chi connectivity index (χ2n) is 4.29. The maximum absolute atomic E-state index is 5.88. The third-order valence-electron chi connectivity index (χ3n) is 2.91. The summed E-state index contributed by atoms with van der Waals surface area (Å²) in [6, 6.07) is 0. The second-order valence-corrected chi connectivity index (χ2v) is 6.11. The van der Waals surface area contributed by atoms with Crippen molar-refractivity contribution in [1.29, 1.82) is 0 Å². The van der Waals surface area contributed by atoms with Crippen molar-refractivity contribution in [3.8, 4) is 0 Å². The summed E-state index contributed by atoms with van der Waals surface area (Å²) in [6.45, 7) is 4.74. The van der Waals surface area contributed by atoms with Gasteiger partial charge in [0.1, 0.15) is 0 Å². The Morgan fingerprint density at radius 3 is 2.85 bits per heavy atom. The third-order valence-corrected chi connectivity index (χ3v) is 4.20. The van der Waals surface area contributed by atoms with Crippen molar-refractivity contribution in [3.05, 3.63) is 12.7 Å². The zero-order valence-electron chi connectivity index (χ0n) is 8.85. The molecule has 1 heterocycles. The lowest BCUT2D eigenvalue weighted by molar-refractivity contribution is -0.0238. The quantitative estimate of drug-likeness (QED) is 0.373.